The molecule has 0 aromatic heterocycles. The number of aryl methyl sites for hydroxylation is 1. The number of nitrogens with two attached hydrogens (primary N) is 1. The van der Waals surface area contributed by atoms with Crippen LogP contribution in [0, 0.1) is 18.3 Å². The van der Waals surface area contributed by atoms with E-state index in [9.17, 15) is 4.79 Å². The van der Waals surface area contributed by atoms with Gasteiger partial charge in [0.05, 0.1) is 0 Å². The summed E-state index contributed by atoms with van der Waals surface area (Å²) in [6.07, 6.45) is 1.43. The van der Waals surface area contributed by atoms with Crippen molar-refractivity contribution in [3.63, 3.8) is 0 Å². The number of benzene rings is 2. The van der Waals surface area contributed by atoms with E-state index < -0.39 is 5.91 Å². The van der Waals surface area contributed by atoms with Crippen molar-refractivity contribution in [2.45, 2.75) is 6.92 Å². The normalized spacial score (nSPS) is 10.8. The zero-order valence-corrected chi connectivity index (χ0v) is 13.4. The van der Waals surface area contributed by atoms with E-state index in [1.165, 1.54) is 6.08 Å². The van der Waals surface area contributed by atoms with Gasteiger partial charge in [-0.2, -0.15) is 5.26 Å². The number of amides is 1. The molecule has 0 saturated heterocycles. The van der Waals surface area contributed by atoms with Gasteiger partial charge in [0.25, 0.3) is 5.91 Å². The van der Waals surface area contributed by atoms with Gasteiger partial charge in [0.1, 0.15) is 36.4 Å². The van der Waals surface area contributed by atoms with Gasteiger partial charge in [0, 0.05) is 0 Å². The predicted molar refractivity (Wildman–Crippen MR) is 91.4 cm³/mol. The minimum Gasteiger partial charge on any atom is -0.490 e. The number of hydrogen-bond donors (Lipinski definition) is 1. The summed E-state index contributed by atoms with van der Waals surface area (Å²) in [5.74, 6) is 0.701. The molecule has 2 aromatic rings. The maximum Gasteiger partial charge on any atom is 0.259 e. The van der Waals surface area contributed by atoms with Gasteiger partial charge >= 0.3 is 0 Å². The zero-order valence-electron chi connectivity index (χ0n) is 13.4. The molecule has 0 fully saturated rings. The van der Waals surface area contributed by atoms with Gasteiger partial charge in [0.15, 0.2) is 0 Å². The summed E-state index contributed by atoms with van der Waals surface area (Å²) in [5.41, 5.74) is 6.76. The number of nitriles is 1. The number of para-hydroxylation sites is 1. The number of ether oxygens (including phenoxy) is 2. The molecule has 0 aliphatic heterocycles. The first-order chi connectivity index (χ1) is 11.6. The highest BCUT2D eigenvalue weighted by atomic mass is 16.5. The first-order valence-corrected chi connectivity index (χ1v) is 7.43. The topological polar surface area (TPSA) is 85.3 Å². The predicted octanol–water partition coefficient (Wildman–Crippen LogP) is 2.85. The van der Waals surface area contributed by atoms with Gasteiger partial charge in [-0.15, -0.1) is 0 Å². The van der Waals surface area contributed by atoms with Crippen LogP contribution in [0.15, 0.2) is 54.1 Å². The Morgan fingerprint density at radius 2 is 1.92 bits per heavy atom. The van der Waals surface area contributed by atoms with E-state index in [2.05, 4.69) is 0 Å². The SMILES string of the molecule is Cc1ccccc1OCCOc1cccc(/C=C(\C#N)C(N)=O)c1. The van der Waals surface area contributed by atoms with E-state index in [1.54, 1.807) is 30.3 Å². The van der Waals surface area contributed by atoms with E-state index >= 15 is 0 Å². The van der Waals surface area contributed by atoms with E-state index in [4.69, 9.17) is 20.5 Å². The first-order valence-electron chi connectivity index (χ1n) is 7.43. The third-order valence-electron chi connectivity index (χ3n) is 3.26. The van der Waals surface area contributed by atoms with Crippen molar-refractivity contribution in [3.05, 3.63) is 65.2 Å². The van der Waals surface area contributed by atoms with Crippen LogP contribution in [0.3, 0.4) is 0 Å². The van der Waals surface area contributed by atoms with E-state index in [0.29, 0.717) is 24.5 Å². The van der Waals surface area contributed by atoms with Crippen LogP contribution in [0.1, 0.15) is 11.1 Å². The average molecular weight is 322 g/mol. The zero-order chi connectivity index (χ0) is 17.4. The maximum atomic E-state index is 11.1. The average Bonchev–Trinajstić information content (AvgIpc) is 2.58. The second kappa shape index (κ2) is 8.39. The van der Waals surface area contributed by atoms with Crippen LogP contribution in [0.25, 0.3) is 6.08 Å². The van der Waals surface area contributed by atoms with Crippen molar-refractivity contribution >= 4 is 12.0 Å². The Kier molecular flexibility index (Phi) is 5.98. The van der Waals surface area contributed by atoms with Crippen LogP contribution in [0.2, 0.25) is 0 Å². The first kappa shape index (κ1) is 17.1. The highest BCUT2D eigenvalue weighted by Gasteiger charge is 2.04. The fourth-order valence-electron chi connectivity index (χ4n) is 2.05. The number of rotatable bonds is 7. The summed E-state index contributed by atoms with van der Waals surface area (Å²) >= 11 is 0. The lowest BCUT2D eigenvalue weighted by molar-refractivity contribution is -0.114. The summed E-state index contributed by atoms with van der Waals surface area (Å²) in [7, 11) is 0. The fourth-order valence-corrected chi connectivity index (χ4v) is 2.05. The molecule has 5 nitrogen and oxygen atoms in total. The molecule has 0 unspecified atom stereocenters. The van der Waals surface area contributed by atoms with Crippen molar-refractivity contribution in [3.8, 4) is 17.6 Å². The van der Waals surface area contributed by atoms with E-state index in [-0.39, 0.29) is 5.57 Å². The Morgan fingerprint density at radius 1 is 1.17 bits per heavy atom. The summed E-state index contributed by atoms with van der Waals surface area (Å²) in [5, 5.41) is 8.86. The van der Waals surface area contributed by atoms with Crippen LogP contribution in [0.5, 0.6) is 11.5 Å². The largest absolute Gasteiger partial charge is 0.490 e. The lowest BCUT2D eigenvalue weighted by Crippen LogP contribution is -2.12. The molecular weight excluding hydrogens is 304 g/mol. The van der Waals surface area contributed by atoms with Gasteiger partial charge in [0.2, 0.25) is 0 Å². The summed E-state index contributed by atoms with van der Waals surface area (Å²) in [6.45, 7) is 2.77. The molecule has 0 aliphatic rings. The fraction of sp³-hybridized carbons (Fsp3) is 0.158. The molecule has 0 atom stereocenters. The second-order valence-electron chi connectivity index (χ2n) is 5.07. The number of carbonyl (C=O) groups is 1. The highest BCUT2D eigenvalue weighted by Crippen LogP contribution is 2.17. The molecule has 2 aromatic carbocycles. The summed E-state index contributed by atoms with van der Waals surface area (Å²) in [4.78, 5) is 11.1. The Hall–Kier alpha value is -3.26. The molecule has 0 aliphatic carbocycles. The van der Waals surface area contributed by atoms with Crippen molar-refractivity contribution in [1.29, 1.82) is 5.26 Å². The van der Waals surface area contributed by atoms with Crippen LogP contribution < -0.4 is 15.2 Å². The molecule has 0 radical (unpaired) electrons. The molecule has 0 bridgehead atoms. The Morgan fingerprint density at radius 3 is 2.62 bits per heavy atom. The lowest BCUT2D eigenvalue weighted by atomic mass is 10.1. The van der Waals surface area contributed by atoms with Gasteiger partial charge in [-0.3, -0.25) is 4.79 Å². The second-order valence-corrected chi connectivity index (χ2v) is 5.07. The van der Waals surface area contributed by atoms with Gasteiger partial charge < -0.3 is 15.2 Å². The molecule has 2 N–H and O–H groups in total. The van der Waals surface area contributed by atoms with E-state index in [1.807, 2.05) is 31.2 Å². The van der Waals surface area contributed by atoms with Gasteiger partial charge in [-0.05, 0) is 42.3 Å². The molecule has 122 valence electrons. The Labute approximate surface area is 140 Å². The summed E-state index contributed by atoms with van der Waals surface area (Å²) < 4.78 is 11.3. The van der Waals surface area contributed by atoms with Crippen molar-refractivity contribution in [2.24, 2.45) is 5.73 Å². The minimum atomic E-state index is -0.754. The molecule has 1 amide bonds. The molecule has 0 heterocycles. The molecule has 5 heteroatoms. The number of carbonyl (C=O) groups excluding carboxylic acids is 1. The van der Waals surface area contributed by atoms with Crippen molar-refractivity contribution < 1.29 is 14.3 Å². The molecule has 2 rings (SSSR count). The lowest BCUT2D eigenvalue weighted by Gasteiger charge is -2.10. The number of hydrogen-bond acceptors (Lipinski definition) is 4. The minimum absolute atomic E-state index is 0.102. The van der Waals surface area contributed by atoms with Gasteiger partial charge in [-0.1, -0.05) is 30.3 Å². The van der Waals surface area contributed by atoms with Crippen LogP contribution >= 0.6 is 0 Å². The van der Waals surface area contributed by atoms with E-state index in [0.717, 1.165) is 11.3 Å². The van der Waals surface area contributed by atoms with Gasteiger partial charge in [-0.25, -0.2) is 0 Å². The molecule has 0 saturated carbocycles. The van der Waals surface area contributed by atoms with Crippen LogP contribution in [-0.4, -0.2) is 19.1 Å². The highest BCUT2D eigenvalue weighted by molar-refractivity contribution is 6.00. The number of nitrogens with zero attached hydrogens (tertiary/aromatic N) is 1. The molecular formula is C19H18N2O3. The smallest absolute Gasteiger partial charge is 0.259 e. The summed E-state index contributed by atoms with van der Waals surface area (Å²) in [6, 6.07) is 16.6. The monoisotopic (exact) mass is 322 g/mol. The third-order valence-corrected chi connectivity index (χ3v) is 3.26. The number of primary amides is 1. The quantitative estimate of drug-likeness (QED) is 0.482. The Balaban J connectivity index is 1.92. The van der Waals surface area contributed by atoms with Crippen LogP contribution in [0.4, 0.5) is 0 Å². The molecule has 0 spiro atoms. The van der Waals surface area contributed by atoms with Crippen LogP contribution in [-0.2, 0) is 4.79 Å². The Bertz CT molecular complexity index is 791. The third kappa shape index (κ3) is 4.89. The van der Waals surface area contributed by atoms with Crippen molar-refractivity contribution in [2.75, 3.05) is 13.2 Å². The van der Waals surface area contributed by atoms with Crippen molar-refractivity contribution in [1.82, 2.24) is 0 Å². The standard InChI is InChI=1S/C19H18N2O3/c1-14-5-2-3-8-18(14)24-10-9-23-17-7-4-6-15(12-17)11-16(13-20)19(21)22/h2-8,11-12H,9-10H2,1H3,(H2,21,22)/b16-11+. The maximum absolute atomic E-state index is 11.1. The molecule has 24 heavy (non-hydrogen) atoms.